The Labute approximate surface area is 140 Å². The molecule has 3 aromatic rings. The second-order valence-corrected chi connectivity index (χ2v) is 6.30. The molecule has 2 aromatic heterocycles. The summed E-state index contributed by atoms with van der Waals surface area (Å²) in [5.41, 5.74) is 7.44. The summed E-state index contributed by atoms with van der Waals surface area (Å²) in [6, 6.07) is 9.56. The Balaban J connectivity index is 2.30. The lowest BCUT2D eigenvalue weighted by Crippen LogP contribution is -2.15. The Morgan fingerprint density at radius 1 is 1.38 bits per heavy atom. The molecule has 0 bridgehead atoms. The molecule has 106 valence electrons. The SMILES string of the molecule is NC(=S)Cc1nc2ccccc2n1-c1ncc(Br)cc1Cl. The second kappa shape index (κ2) is 5.71. The highest BCUT2D eigenvalue weighted by atomic mass is 79.9. The maximum atomic E-state index is 6.32. The second-order valence-electron chi connectivity index (χ2n) is 4.45. The molecule has 0 aliphatic rings. The van der Waals surface area contributed by atoms with E-state index in [1.165, 1.54) is 0 Å². The summed E-state index contributed by atoms with van der Waals surface area (Å²) in [6.45, 7) is 0. The van der Waals surface area contributed by atoms with E-state index in [1.54, 1.807) is 12.3 Å². The lowest BCUT2D eigenvalue weighted by Gasteiger charge is -2.10. The Kier molecular flexibility index (Phi) is 3.93. The fraction of sp³-hybridized carbons (Fsp3) is 0.0714. The molecule has 0 aliphatic carbocycles. The molecule has 0 saturated heterocycles. The third-order valence-electron chi connectivity index (χ3n) is 2.96. The normalized spacial score (nSPS) is 11.0. The molecule has 0 fully saturated rings. The van der Waals surface area contributed by atoms with Crippen molar-refractivity contribution in [3.05, 3.63) is 51.8 Å². The molecule has 0 spiro atoms. The molecule has 0 atom stereocenters. The van der Waals surface area contributed by atoms with Crippen LogP contribution in [0, 0.1) is 0 Å². The highest BCUT2D eigenvalue weighted by Gasteiger charge is 2.16. The fourth-order valence-electron chi connectivity index (χ4n) is 2.16. The number of imidazole rings is 1. The third kappa shape index (κ3) is 2.79. The number of fused-ring (bicyclic) bond motifs is 1. The molecule has 0 unspecified atom stereocenters. The van der Waals surface area contributed by atoms with Crippen LogP contribution in [0.2, 0.25) is 5.02 Å². The van der Waals surface area contributed by atoms with Gasteiger partial charge in [-0.2, -0.15) is 0 Å². The summed E-state index contributed by atoms with van der Waals surface area (Å²) in [6.07, 6.45) is 2.08. The fourth-order valence-corrected chi connectivity index (χ4v) is 3.00. The van der Waals surface area contributed by atoms with Crippen LogP contribution in [-0.4, -0.2) is 19.5 Å². The summed E-state index contributed by atoms with van der Waals surface area (Å²) in [5, 5.41) is 0.525. The zero-order valence-corrected chi connectivity index (χ0v) is 13.9. The van der Waals surface area contributed by atoms with Crippen molar-refractivity contribution in [1.29, 1.82) is 0 Å². The van der Waals surface area contributed by atoms with Gasteiger partial charge < -0.3 is 5.73 Å². The van der Waals surface area contributed by atoms with Gasteiger partial charge in [-0.05, 0) is 34.1 Å². The van der Waals surface area contributed by atoms with E-state index in [2.05, 4.69) is 25.9 Å². The number of halogens is 2. The van der Waals surface area contributed by atoms with Crippen LogP contribution in [0.5, 0.6) is 0 Å². The van der Waals surface area contributed by atoms with E-state index in [1.807, 2.05) is 28.8 Å². The molecule has 1 aromatic carbocycles. The van der Waals surface area contributed by atoms with E-state index in [0.29, 0.717) is 22.2 Å². The Morgan fingerprint density at radius 3 is 2.86 bits per heavy atom. The van der Waals surface area contributed by atoms with Gasteiger partial charge in [0, 0.05) is 10.7 Å². The zero-order valence-electron chi connectivity index (χ0n) is 10.8. The van der Waals surface area contributed by atoms with Gasteiger partial charge in [-0.3, -0.25) is 4.57 Å². The number of hydrogen-bond acceptors (Lipinski definition) is 3. The molecule has 0 radical (unpaired) electrons. The van der Waals surface area contributed by atoms with Crippen LogP contribution < -0.4 is 5.73 Å². The molecule has 21 heavy (non-hydrogen) atoms. The van der Waals surface area contributed by atoms with E-state index in [4.69, 9.17) is 29.6 Å². The van der Waals surface area contributed by atoms with Gasteiger partial charge in [0.1, 0.15) is 5.82 Å². The molecule has 0 saturated carbocycles. The minimum Gasteiger partial charge on any atom is -0.393 e. The van der Waals surface area contributed by atoms with Gasteiger partial charge in [-0.25, -0.2) is 9.97 Å². The summed E-state index contributed by atoms with van der Waals surface area (Å²) in [7, 11) is 0. The van der Waals surface area contributed by atoms with Gasteiger partial charge in [-0.1, -0.05) is 36.0 Å². The van der Waals surface area contributed by atoms with E-state index < -0.39 is 0 Å². The average Bonchev–Trinajstić information content (AvgIpc) is 2.76. The van der Waals surface area contributed by atoms with Crippen molar-refractivity contribution in [2.75, 3.05) is 0 Å². The summed E-state index contributed by atoms with van der Waals surface area (Å²) in [4.78, 5) is 9.35. The Hall–Kier alpha value is -1.50. The van der Waals surface area contributed by atoms with Crippen LogP contribution in [0.3, 0.4) is 0 Å². The van der Waals surface area contributed by atoms with Crippen molar-refractivity contribution in [1.82, 2.24) is 14.5 Å². The molecule has 2 heterocycles. The van der Waals surface area contributed by atoms with Crippen LogP contribution >= 0.6 is 39.7 Å². The van der Waals surface area contributed by atoms with Crippen LogP contribution in [0.4, 0.5) is 0 Å². The number of thiocarbonyl (C=S) groups is 1. The van der Waals surface area contributed by atoms with Crippen molar-refractivity contribution in [3.8, 4) is 5.82 Å². The van der Waals surface area contributed by atoms with Gasteiger partial charge in [0.15, 0.2) is 5.82 Å². The first-order valence-electron chi connectivity index (χ1n) is 6.12. The smallest absolute Gasteiger partial charge is 0.157 e. The van der Waals surface area contributed by atoms with Crippen LogP contribution in [-0.2, 0) is 6.42 Å². The topological polar surface area (TPSA) is 56.7 Å². The predicted octanol–water partition coefficient (Wildman–Crippen LogP) is 3.67. The first-order chi connectivity index (χ1) is 10.1. The maximum absolute atomic E-state index is 6.32. The largest absolute Gasteiger partial charge is 0.393 e. The minimum atomic E-state index is 0.375. The lowest BCUT2D eigenvalue weighted by atomic mass is 10.3. The van der Waals surface area contributed by atoms with Crippen molar-refractivity contribution in [2.45, 2.75) is 6.42 Å². The summed E-state index contributed by atoms with van der Waals surface area (Å²) >= 11 is 14.7. The molecule has 0 aliphatic heterocycles. The zero-order chi connectivity index (χ0) is 15.0. The highest BCUT2D eigenvalue weighted by molar-refractivity contribution is 9.10. The van der Waals surface area contributed by atoms with Crippen LogP contribution in [0.1, 0.15) is 5.82 Å². The number of pyridine rings is 1. The molecule has 7 heteroatoms. The molecule has 3 rings (SSSR count). The quantitative estimate of drug-likeness (QED) is 0.703. The predicted molar refractivity (Wildman–Crippen MR) is 92.1 cm³/mol. The van der Waals surface area contributed by atoms with Gasteiger partial charge in [0.05, 0.1) is 27.5 Å². The number of rotatable bonds is 3. The summed E-state index contributed by atoms with van der Waals surface area (Å²) < 4.78 is 2.71. The number of aromatic nitrogens is 3. The standard InChI is InChI=1S/C14H10BrClN4S/c15-8-5-9(16)14(18-7-8)20-11-4-2-1-3-10(11)19-13(20)6-12(17)21/h1-5,7H,6H2,(H2,17,21). The van der Waals surface area contributed by atoms with Gasteiger partial charge in [0.25, 0.3) is 0 Å². The number of hydrogen-bond donors (Lipinski definition) is 1. The van der Waals surface area contributed by atoms with Gasteiger partial charge in [-0.15, -0.1) is 0 Å². The van der Waals surface area contributed by atoms with Gasteiger partial charge >= 0.3 is 0 Å². The number of benzene rings is 1. The highest BCUT2D eigenvalue weighted by Crippen LogP contribution is 2.27. The number of nitrogens with zero attached hydrogens (tertiary/aromatic N) is 3. The molecule has 0 amide bonds. The molecule has 4 nitrogen and oxygen atoms in total. The third-order valence-corrected chi connectivity index (χ3v) is 3.82. The van der Waals surface area contributed by atoms with E-state index in [-0.39, 0.29) is 0 Å². The number of nitrogens with two attached hydrogens (primary N) is 1. The van der Waals surface area contributed by atoms with Crippen molar-refractivity contribution in [3.63, 3.8) is 0 Å². The number of para-hydroxylation sites is 2. The van der Waals surface area contributed by atoms with Gasteiger partial charge in [0.2, 0.25) is 0 Å². The minimum absolute atomic E-state index is 0.375. The van der Waals surface area contributed by atoms with Crippen LogP contribution in [0.15, 0.2) is 41.0 Å². The maximum Gasteiger partial charge on any atom is 0.157 e. The lowest BCUT2D eigenvalue weighted by molar-refractivity contribution is 0.931. The van der Waals surface area contributed by atoms with E-state index in [0.717, 1.165) is 21.3 Å². The Morgan fingerprint density at radius 2 is 2.14 bits per heavy atom. The Bertz CT molecular complexity index is 846. The van der Waals surface area contributed by atoms with Crippen LogP contribution in [0.25, 0.3) is 16.9 Å². The first kappa shape index (κ1) is 14.4. The average molecular weight is 382 g/mol. The van der Waals surface area contributed by atoms with E-state index >= 15 is 0 Å². The van der Waals surface area contributed by atoms with Crippen molar-refractivity contribution < 1.29 is 0 Å². The summed E-state index contributed by atoms with van der Waals surface area (Å²) in [5.74, 6) is 1.33. The molecular formula is C14H10BrClN4S. The monoisotopic (exact) mass is 380 g/mol. The van der Waals surface area contributed by atoms with Crippen molar-refractivity contribution >= 4 is 55.8 Å². The first-order valence-corrected chi connectivity index (χ1v) is 7.70. The van der Waals surface area contributed by atoms with Crippen molar-refractivity contribution in [2.24, 2.45) is 5.73 Å². The molecule has 2 N–H and O–H groups in total. The van der Waals surface area contributed by atoms with E-state index in [9.17, 15) is 0 Å². The molecular weight excluding hydrogens is 372 g/mol.